The van der Waals surface area contributed by atoms with Gasteiger partial charge in [0.25, 0.3) is 0 Å². The molecule has 0 aromatic heterocycles. The van der Waals surface area contributed by atoms with Crippen molar-refractivity contribution in [2.45, 2.75) is 26.0 Å². The molecule has 4 heteroatoms. The van der Waals surface area contributed by atoms with Crippen LogP contribution in [0.3, 0.4) is 0 Å². The molecule has 0 radical (unpaired) electrons. The summed E-state index contributed by atoms with van der Waals surface area (Å²) in [5.74, 6) is 0. The molecule has 2 rings (SSSR count). The van der Waals surface area contributed by atoms with Crippen molar-refractivity contribution in [1.82, 2.24) is 5.32 Å². The van der Waals surface area contributed by atoms with Crippen molar-refractivity contribution in [1.29, 1.82) is 0 Å². The van der Waals surface area contributed by atoms with Gasteiger partial charge in [-0.05, 0) is 42.6 Å². The number of hydrogen-bond donors (Lipinski definition) is 3. The Morgan fingerprint density at radius 2 is 1.67 bits per heavy atom. The molecule has 0 fully saturated rings. The van der Waals surface area contributed by atoms with Crippen molar-refractivity contribution in [2.75, 3.05) is 31.6 Å². The Balaban J connectivity index is 1.41. The summed E-state index contributed by atoms with van der Waals surface area (Å²) in [5, 5.41) is 15.9. The third kappa shape index (κ3) is 7.59. The summed E-state index contributed by atoms with van der Waals surface area (Å²) >= 11 is 0. The van der Waals surface area contributed by atoms with Crippen molar-refractivity contribution >= 4 is 5.69 Å². The molecule has 0 spiro atoms. The van der Waals surface area contributed by atoms with Crippen LogP contribution in [-0.4, -0.2) is 31.4 Å². The normalized spacial score (nSPS) is 10.7. The molecule has 0 aliphatic carbocycles. The fourth-order valence-corrected chi connectivity index (χ4v) is 2.45. The number of benzene rings is 2. The maximum Gasteiger partial charge on any atom is 0.0681 e. The van der Waals surface area contributed by atoms with E-state index in [1.807, 2.05) is 36.4 Å². The fourth-order valence-electron chi connectivity index (χ4n) is 2.45. The number of ether oxygens (including phenoxy) is 1. The van der Waals surface area contributed by atoms with E-state index >= 15 is 0 Å². The Kier molecular flexibility index (Phi) is 8.94. The standard InChI is InChI=1S/C20H28N2O2/c23-17-19-8-6-7-18(15-19)16-21-11-4-5-13-24-14-12-22-20-9-2-1-3-10-20/h1-3,6-10,15,21-23H,4-5,11-14,16-17H2. The summed E-state index contributed by atoms with van der Waals surface area (Å²) in [6.07, 6.45) is 2.17. The molecule has 0 atom stereocenters. The molecule has 0 heterocycles. The minimum atomic E-state index is 0.101. The van der Waals surface area contributed by atoms with Crippen molar-refractivity contribution in [3.05, 3.63) is 65.7 Å². The number of rotatable bonds is 12. The number of aliphatic hydroxyl groups is 1. The number of para-hydroxylation sites is 1. The van der Waals surface area contributed by atoms with Crippen molar-refractivity contribution in [3.63, 3.8) is 0 Å². The molecule has 0 aliphatic rings. The van der Waals surface area contributed by atoms with Gasteiger partial charge in [-0.25, -0.2) is 0 Å². The van der Waals surface area contributed by atoms with Gasteiger partial charge in [0.05, 0.1) is 13.2 Å². The summed E-state index contributed by atoms with van der Waals surface area (Å²) in [4.78, 5) is 0. The first kappa shape index (κ1) is 18.5. The summed E-state index contributed by atoms with van der Waals surface area (Å²) in [7, 11) is 0. The highest BCUT2D eigenvalue weighted by molar-refractivity contribution is 5.42. The number of aliphatic hydroxyl groups excluding tert-OH is 1. The largest absolute Gasteiger partial charge is 0.392 e. The third-order valence-electron chi connectivity index (χ3n) is 3.74. The van der Waals surface area contributed by atoms with E-state index in [0.717, 1.165) is 56.9 Å². The summed E-state index contributed by atoms with van der Waals surface area (Å²) in [6, 6.07) is 18.2. The van der Waals surface area contributed by atoms with E-state index in [0.29, 0.717) is 0 Å². The Bertz CT molecular complexity index is 561. The molecule has 0 unspecified atom stereocenters. The van der Waals surface area contributed by atoms with E-state index in [9.17, 15) is 0 Å². The molecule has 0 aliphatic heterocycles. The van der Waals surface area contributed by atoms with Gasteiger partial charge in [0.15, 0.2) is 0 Å². The second-order valence-electron chi connectivity index (χ2n) is 5.77. The average molecular weight is 328 g/mol. The zero-order valence-corrected chi connectivity index (χ0v) is 14.2. The Hall–Kier alpha value is -1.88. The monoisotopic (exact) mass is 328 g/mol. The van der Waals surface area contributed by atoms with Crippen LogP contribution in [0.25, 0.3) is 0 Å². The van der Waals surface area contributed by atoms with Gasteiger partial charge in [-0.1, -0.05) is 42.5 Å². The summed E-state index contributed by atoms with van der Waals surface area (Å²) in [6.45, 7) is 4.30. The van der Waals surface area contributed by atoms with Gasteiger partial charge in [0.1, 0.15) is 0 Å². The van der Waals surface area contributed by atoms with E-state index in [-0.39, 0.29) is 6.61 Å². The zero-order valence-electron chi connectivity index (χ0n) is 14.2. The zero-order chi connectivity index (χ0) is 16.9. The van der Waals surface area contributed by atoms with Crippen LogP contribution in [0.5, 0.6) is 0 Å². The van der Waals surface area contributed by atoms with Gasteiger partial charge >= 0.3 is 0 Å². The second-order valence-corrected chi connectivity index (χ2v) is 5.77. The number of hydrogen-bond acceptors (Lipinski definition) is 4. The molecular weight excluding hydrogens is 300 g/mol. The predicted molar refractivity (Wildman–Crippen MR) is 99.1 cm³/mol. The molecule has 24 heavy (non-hydrogen) atoms. The van der Waals surface area contributed by atoms with Crippen LogP contribution < -0.4 is 10.6 Å². The van der Waals surface area contributed by atoms with Crippen LogP contribution in [0.2, 0.25) is 0 Å². The highest BCUT2D eigenvalue weighted by Crippen LogP contribution is 2.05. The number of unbranched alkanes of at least 4 members (excludes halogenated alkanes) is 1. The van der Waals surface area contributed by atoms with E-state index in [2.05, 4.69) is 28.8 Å². The van der Waals surface area contributed by atoms with Gasteiger partial charge in [0, 0.05) is 25.4 Å². The molecule has 0 saturated carbocycles. The molecule has 0 amide bonds. The van der Waals surface area contributed by atoms with Crippen molar-refractivity contribution in [3.8, 4) is 0 Å². The molecule has 3 N–H and O–H groups in total. The number of nitrogens with one attached hydrogen (secondary N) is 2. The first-order chi connectivity index (χ1) is 11.9. The Morgan fingerprint density at radius 3 is 2.50 bits per heavy atom. The van der Waals surface area contributed by atoms with Crippen LogP contribution in [0.1, 0.15) is 24.0 Å². The molecular formula is C20H28N2O2. The van der Waals surface area contributed by atoms with Crippen molar-refractivity contribution in [2.24, 2.45) is 0 Å². The van der Waals surface area contributed by atoms with Gasteiger partial charge in [-0.15, -0.1) is 0 Å². The maximum atomic E-state index is 9.12. The minimum absolute atomic E-state index is 0.101. The first-order valence-corrected chi connectivity index (χ1v) is 8.64. The molecule has 0 saturated heterocycles. The second kappa shape index (κ2) is 11.6. The van der Waals surface area contributed by atoms with Crippen LogP contribution >= 0.6 is 0 Å². The third-order valence-corrected chi connectivity index (χ3v) is 3.74. The molecule has 130 valence electrons. The van der Waals surface area contributed by atoms with Crippen LogP contribution in [-0.2, 0) is 17.9 Å². The van der Waals surface area contributed by atoms with E-state index in [4.69, 9.17) is 9.84 Å². The van der Waals surface area contributed by atoms with Gasteiger partial charge < -0.3 is 20.5 Å². The van der Waals surface area contributed by atoms with Gasteiger partial charge in [-0.2, -0.15) is 0 Å². The van der Waals surface area contributed by atoms with E-state index in [1.165, 1.54) is 5.56 Å². The maximum absolute atomic E-state index is 9.12. The first-order valence-electron chi connectivity index (χ1n) is 8.64. The SMILES string of the molecule is OCc1cccc(CNCCCCOCCNc2ccccc2)c1. The van der Waals surface area contributed by atoms with E-state index < -0.39 is 0 Å². The highest BCUT2D eigenvalue weighted by atomic mass is 16.5. The number of anilines is 1. The Morgan fingerprint density at radius 1 is 0.833 bits per heavy atom. The quantitative estimate of drug-likeness (QED) is 0.524. The minimum Gasteiger partial charge on any atom is -0.392 e. The lowest BCUT2D eigenvalue weighted by molar-refractivity contribution is 0.140. The molecule has 4 nitrogen and oxygen atoms in total. The van der Waals surface area contributed by atoms with Crippen LogP contribution in [0, 0.1) is 0 Å². The highest BCUT2D eigenvalue weighted by Gasteiger charge is 1.96. The van der Waals surface area contributed by atoms with Gasteiger partial charge in [0.2, 0.25) is 0 Å². The van der Waals surface area contributed by atoms with Gasteiger partial charge in [-0.3, -0.25) is 0 Å². The lowest BCUT2D eigenvalue weighted by atomic mass is 10.1. The lowest BCUT2D eigenvalue weighted by Gasteiger charge is -2.08. The predicted octanol–water partition coefficient (Wildman–Crippen LogP) is 3.18. The van der Waals surface area contributed by atoms with Crippen molar-refractivity contribution < 1.29 is 9.84 Å². The van der Waals surface area contributed by atoms with Crippen LogP contribution in [0.4, 0.5) is 5.69 Å². The van der Waals surface area contributed by atoms with E-state index in [1.54, 1.807) is 0 Å². The summed E-state index contributed by atoms with van der Waals surface area (Å²) < 4.78 is 5.63. The average Bonchev–Trinajstić information content (AvgIpc) is 2.64. The van der Waals surface area contributed by atoms with Crippen LogP contribution in [0.15, 0.2) is 54.6 Å². The fraction of sp³-hybridized carbons (Fsp3) is 0.400. The smallest absolute Gasteiger partial charge is 0.0681 e. The Labute approximate surface area is 144 Å². The molecule has 2 aromatic carbocycles. The molecule has 0 bridgehead atoms. The molecule has 2 aromatic rings. The topological polar surface area (TPSA) is 53.5 Å². The summed E-state index contributed by atoms with van der Waals surface area (Å²) in [5.41, 5.74) is 3.31. The lowest BCUT2D eigenvalue weighted by Crippen LogP contribution is -2.16.